The first-order valence-electron chi connectivity index (χ1n) is 8.90. The number of aromatic nitrogens is 2. The molecule has 8 heteroatoms. The summed E-state index contributed by atoms with van der Waals surface area (Å²) in [6, 6.07) is 11.6. The Kier molecular flexibility index (Phi) is 5.79. The summed E-state index contributed by atoms with van der Waals surface area (Å²) < 4.78 is 18.3. The summed E-state index contributed by atoms with van der Waals surface area (Å²) in [5, 5.41) is 6.67. The van der Waals surface area contributed by atoms with Crippen molar-refractivity contribution in [3.8, 4) is 22.8 Å². The molecule has 1 aliphatic rings. The molecule has 0 unspecified atom stereocenters. The van der Waals surface area contributed by atoms with Gasteiger partial charge in [0, 0.05) is 24.3 Å². The van der Waals surface area contributed by atoms with Crippen LogP contribution < -0.4 is 14.3 Å². The highest BCUT2D eigenvalue weighted by molar-refractivity contribution is 7.07. The zero-order chi connectivity index (χ0) is 19.2. The van der Waals surface area contributed by atoms with Crippen molar-refractivity contribution in [1.29, 1.82) is 0 Å². The van der Waals surface area contributed by atoms with Crippen molar-refractivity contribution in [1.82, 2.24) is 9.66 Å². The van der Waals surface area contributed by atoms with Gasteiger partial charge in [0.05, 0.1) is 30.8 Å². The number of rotatable bonds is 6. The molecule has 2 aromatic heterocycles. The highest BCUT2D eigenvalue weighted by Gasteiger charge is 2.15. The second-order valence-electron chi connectivity index (χ2n) is 5.95. The molecule has 0 atom stereocenters. The predicted molar refractivity (Wildman–Crippen MR) is 108 cm³/mol. The van der Waals surface area contributed by atoms with E-state index in [0.29, 0.717) is 26.4 Å². The molecule has 144 valence electrons. The van der Waals surface area contributed by atoms with Gasteiger partial charge in [-0.05, 0) is 30.3 Å². The molecule has 0 saturated carbocycles. The number of nitrogens with zero attached hydrogens (tertiary/aromatic N) is 4. The van der Waals surface area contributed by atoms with Crippen LogP contribution in [0.2, 0.25) is 0 Å². The molecule has 3 aromatic rings. The molecule has 1 aromatic carbocycles. The zero-order valence-electron chi connectivity index (χ0n) is 15.4. The van der Waals surface area contributed by atoms with Crippen LogP contribution in [0.15, 0.2) is 58.1 Å². The fourth-order valence-electron chi connectivity index (χ4n) is 2.72. The van der Waals surface area contributed by atoms with E-state index in [1.54, 1.807) is 19.5 Å². The Hall–Kier alpha value is -2.97. The average molecular weight is 396 g/mol. The van der Waals surface area contributed by atoms with E-state index in [2.05, 4.69) is 15.1 Å². The maximum absolute atomic E-state index is 5.72. The maximum Gasteiger partial charge on any atom is 0.206 e. The van der Waals surface area contributed by atoms with Crippen molar-refractivity contribution >= 4 is 17.6 Å². The van der Waals surface area contributed by atoms with Crippen LogP contribution in [0.1, 0.15) is 5.69 Å². The van der Waals surface area contributed by atoms with E-state index in [0.717, 1.165) is 33.3 Å². The monoisotopic (exact) mass is 396 g/mol. The SMILES string of the molecule is COCCN=c1scc(-c2ccc3c(c2)OCCO3)n1/N=C/c1ccccn1. The molecule has 0 spiro atoms. The number of ether oxygens (including phenoxy) is 3. The van der Waals surface area contributed by atoms with Gasteiger partial charge in [-0.15, -0.1) is 11.3 Å². The van der Waals surface area contributed by atoms with Crippen LogP contribution in [0.5, 0.6) is 11.5 Å². The first kappa shape index (κ1) is 18.4. The molecule has 1 aliphatic heterocycles. The number of hydrogen-bond donors (Lipinski definition) is 0. The Labute approximate surface area is 166 Å². The minimum absolute atomic E-state index is 0.551. The van der Waals surface area contributed by atoms with Crippen molar-refractivity contribution < 1.29 is 14.2 Å². The predicted octanol–water partition coefficient (Wildman–Crippen LogP) is 2.81. The molecule has 7 nitrogen and oxygen atoms in total. The minimum Gasteiger partial charge on any atom is -0.486 e. The highest BCUT2D eigenvalue weighted by atomic mass is 32.1. The molecule has 0 bridgehead atoms. The summed E-state index contributed by atoms with van der Waals surface area (Å²) in [4.78, 5) is 9.69. The third-order valence-corrected chi connectivity index (χ3v) is 4.91. The van der Waals surface area contributed by atoms with E-state index in [1.165, 1.54) is 11.3 Å². The largest absolute Gasteiger partial charge is 0.486 e. The zero-order valence-corrected chi connectivity index (χ0v) is 16.3. The third kappa shape index (κ3) is 4.13. The van der Waals surface area contributed by atoms with Gasteiger partial charge in [0.15, 0.2) is 11.5 Å². The van der Waals surface area contributed by atoms with Crippen LogP contribution in [0.25, 0.3) is 11.3 Å². The van der Waals surface area contributed by atoms with Crippen LogP contribution in [-0.4, -0.2) is 49.3 Å². The van der Waals surface area contributed by atoms with E-state index in [-0.39, 0.29) is 0 Å². The van der Waals surface area contributed by atoms with Gasteiger partial charge in [-0.3, -0.25) is 9.98 Å². The van der Waals surface area contributed by atoms with E-state index < -0.39 is 0 Å². The quantitative estimate of drug-likeness (QED) is 0.475. The Morgan fingerprint density at radius 2 is 2.11 bits per heavy atom. The van der Waals surface area contributed by atoms with E-state index in [4.69, 9.17) is 14.2 Å². The van der Waals surface area contributed by atoms with Crippen LogP contribution in [0.3, 0.4) is 0 Å². The first-order valence-corrected chi connectivity index (χ1v) is 9.78. The number of thiazole rings is 1. The van der Waals surface area contributed by atoms with Crippen molar-refractivity contribution in [2.45, 2.75) is 0 Å². The Bertz CT molecular complexity index is 1030. The molecule has 0 radical (unpaired) electrons. The molecule has 3 heterocycles. The Morgan fingerprint density at radius 1 is 1.21 bits per heavy atom. The number of fused-ring (bicyclic) bond motifs is 1. The van der Waals surface area contributed by atoms with Crippen molar-refractivity contribution in [3.05, 3.63) is 58.5 Å². The fraction of sp³-hybridized carbons (Fsp3) is 0.250. The number of hydrogen-bond acceptors (Lipinski definition) is 7. The van der Waals surface area contributed by atoms with E-state index in [1.807, 2.05) is 46.5 Å². The molecule has 0 aliphatic carbocycles. The second kappa shape index (κ2) is 8.81. The third-order valence-electron chi connectivity index (χ3n) is 4.06. The number of benzene rings is 1. The molecule has 0 amide bonds. The van der Waals surface area contributed by atoms with E-state index in [9.17, 15) is 0 Å². The Morgan fingerprint density at radius 3 is 2.93 bits per heavy atom. The van der Waals surface area contributed by atoms with Gasteiger partial charge in [-0.2, -0.15) is 5.10 Å². The lowest BCUT2D eigenvalue weighted by Gasteiger charge is -2.18. The van der Waals surface area contributed by atoms with Gasteiger partial charge in [0.2, 0.25) is 4.80 Å². The first-order chi connectivity index (χ1) is 13.8. The van der Waals surface area contributed by atoms with Crippen LogP contribution in [0.4, 0.5) is 0 Å². The van der Waals surface area contributed by atoms with Gasteiger partial charge in [0.1, 0.15) is 13.2 Å². The summed E-state index contributed by atoms with van der Waals surface area (Å²) in [5.74, 6) is 1.51. The topological polar surface area (TPSA) is 70.2 Å². The molecular formula is C20H20N4O3S. The summed E-state index contributed by atoms with van der Waals surface area (Å²) in [7, 11) is 1.66. The summed E-state index contributed by atoms with van der Waals surface area (Å²) in [6.45, 7) is 2.25. The number of methoxy groups -OCH3 is 1. The van der Waals surface area contributed by atoms with Crippen molar-refractivity contribution in [2.24, 2.45) is 10.1 Å². The molecule has 28 heavy (non-hydrogen) atoms. The normalized spacial score (nSPS) is 14.0. The number of pyridine rings is 1. The van der Waals surface area contributed by atoms with Gasteiger partial charge in [-0.1, -0.05) is 6.07 Å². The lowest BCUT2D eigenvalue weighted by atomic mass is 10.1. The standard InChI is InChI=1S/C20H20N4O3S/c1-25-9-8-22-20-24(23-13-16-4-2-3-7-21-16)17(14-28-20)15-5-6-18-19(12-15)27-11-10-26-18/h2-7,12-14H,8-11H2,1H3/b22-20?,23-13+. The fourth-order valence-corrected chi connectivity index (χ4v) is 3.59. The van der Waals surface area contributed by atoms with Crippen molar-refractivity contribution in [3.63, 3.8) is 0 Å². The van der Waals surface area contributed by atoms with E-state index >= 15 is 0 Å². The lowest BCUT2D eigenvalue weighted by molar-refractivity contribution is 0.171. The van der Waals surface area contributed by atoms with Crippen LogP contribution in [-0.2, 0) is 4.74 Å². The molecule has 0 saturated heterocycles. The molecule has 0 fully saturated rings. The van der Waals surface area contributed by atoms with Crippen molar-refractivity contribution in [2.75, 3.05) is 33.5 Å². The summed E-state index contributed by atoms with van der Waals surface area (Å²) in [6.07, 6.45) is 3.47. The summed E-state index contributed by atoms with van der Waals surface area (Å²) in [5.41, 5.74) is 2.68. The van der Waals surface area contributed by atoms with Crippen LogP contribution in [0, 0.1) is 0 Å². The Balaban J connectivity index is 1.74. The maximum atomic E-state index is 5.72. The van der Waals surface area contributed by atoms with Gasteiger partial charge in [-0.25, -0.2) is 4.68 Å². The van der Waals surface area contributed by atoms with Gasteiger partial charge < -0.3 is 14.2 Å². The average Bonchev–Trinajstić information content (AvgIpc) is 3.15. The summed E-state index contributed by atoms with van der Waals surface area (Å²) >= 11 is 1.53. The minimum atomic E-state index is 0.551. The van der Waals surface area contributed by atoms with Gasteiger partial charge >= 0.3 is 0 Å². The molecule has 0 N–H and O–H groups in total. The highest BCUT2D eigenvalue weighted by Crippen LogP contribution is 2.34. The lowest BCUT2D eigenvalue weighted by Crippen LogP contribution is -2.16. The smallest absolute Gasteiger partial charge is 0.206 e. The van der Waals surface area contributed by atoms with Crippen LogP contribution >= 0.6 is 11.3 Å². The van der Waals surface area contributed by atoms with Gasteiger partial charge in [0.25, 0.3) is 0 Å². The second-order valence-corrected chi connectivity index (χ2v) is 6.78. The molecule has 4 rings (SSSR count). The molecular weight excluding hydrogens is 376 g/mol.